The van der Waals surface area contributed by atoms with Crippen LogP contribution in [0.3, 0.4) is 0 Å². The zero-order chi connectivity index (χ0) is 16.7. The van der Waals surface area contributed by atoms with Crippen molar-refractivity contribution in [3.63, 3.8) is 0 Å². The van der Waals surface area contributed by atoms with Gasteiger partial charge in [0.1, 0.15) is 5.82 Å². The molecule has 3 heterocycles. The number of fused-ring (bicyclic) bond motifs is 3. The van der Waals surface area contributed by atoms with Crippen molar-refractivity contribution >= 4 is 33.5 Å². The van der Waals surface area contributed by atoms with Crippen molar-refractivity contribution in [2.75, 3.05) is 17.3 Å². The maximum Gasteiger partial charge on any atom is 0.280 e. The molecular formula is C17H19BrN4OS. The number of hydrogen-bond donors (Lipinski definition) is 1. The molecule has 7 heteroatoms. The van der Waals surface area contributed by atoms with Crippen molar-refractivity contribution in [2.45, 2.75) is 36.5 Å². The summed E-state index contributed by atoms with van der Waals surface area (Å²) < 4.78 is 2.16. The molecule has 24 heavy (non-hydrogen) atoms. The number of benzene rings is 1. The molecule has 0 saturated carbocycles. The Balaban J connectivity index is 1.64. The average molecular weight is 407 g/mol. The van der Waals surface area contributed by atoms with Crippen LogP contribution in [0.25, 0.3) is 0 Å². The zero-order valence-corrected chi connectivity index (χ0v) is 15.8. The lowest BCUT2D eigenvalue weighted by molar-refractivity contribution is 0.206. The molecule has 4 rings (SSSR count). The van der Waals surface area contributed by atoms with Crippen LogP contribution >= 0.6 is 27.7 Å². The van der Waals surface area contributed by atoms with E-state index in [0.717, 1.165) is 35.1 Å². The van der Waals surface area contributed by atoms with Gasteiger partial charge in [0.2, 0.25) is 0 Å². The van der Waals surface area contributed by atoms with Crippen LogP contribution in [0.4, 0.5) is 5.82 Å². The normalized spacial score (nSPS) is 21.0. The summed E-state index contributed by atoms with van der Waals surface area (Å²) in [6.45, 7) is 4.43. The van der Waals surface area contributed by atoms with Crippen LogP contribution in [0.2, 0.25) is 0 Å². The summed E-state index contributed by atoms with van der Waals surface area (Å²) in [5.41, 5.74) is 1.94. The van der Waals surface area contributed by atoms with Gasteiger partial charge in [-0.25, -0.2) is 0 Å². The van der Waals surface area contributed by atoms with E-state index in [1.54, 1.807) is 11.8 Å². The van der Waals surface area contributed by atoms with Crippen molar-refractivity contribution in [3.05, 3.63) is 51.8 Å². The van der Waals surface area contributed by atoms with Crippen LogP contribution in [-0.4, -0.2) is 31.7 Å². The van der Waals surface area contributed by atoms with Crippen LogP contribution in [0, 0.1) is 0 Å². The van der Waals surface area contributed by atoms with Crippen LogP contribution in [0.1, 0.15) is 24.1 Å². The highest BCUT2D eigenvalue weighted by molar-refractivity contribution is 9.09. The Morgan fingerprint density at radius 3 is 2.96 bits per heavy atom. The van der Waals surface area contributed by atoms with E-state index in [9.17, 15) is 4.79 Å². The first-order valence-electron chi connectivity index (χ1n) is 8.06. The molecule has 1 N–H and O–H groups in total. The Labute approximate surface area is 153 Å². The highest BCUT2D eigenvalue weighted by atomic mass is 79.9. The molecule has 0 bridgehead atoms. The Morgan fingerprint density at radius 2 is 2.21 bits per heavy atom. The predicted octanol–water partition coefficient (Wildman–Crippen LogP) is 3.06. The lowest BCUT2D eigenvalue weighted by Crippen LogP contribution is -2.40. The highest BCUT2D eigenvalue weighted by Crippen LogP contribution is 2.36. The molecule has 2 atom stereocenters. The summed E-state index contributed by atoms with van der Waals surface area (Å²) in [6, 6.07) is 10.6. The minimum absolute atomic E-state index is 0.101. The maximum absolute atomic E-state index is 12.5. The number of nitrogens with one attached hydrogen (secondary N) is 1. The van der Waals surface area contributed by atoms with E-state index in [1.807, 2.05) is 6.07 Å². The smallest absolute Gasteiger partial charge is 0.280 e. The van der Waals surface area contributed by atoms with Crippen molar-refractivity contribution in [3.8, 4) is 0 Å². The lowest BCUT2D eigenvalue weighted by atomic mass is 10.1. The molecule has 0 amide bonds. The molecule has 0 spiro atoms. The summed E-state index contributed by atoms with van der Waals surface area (Å²) in [5, 5.41) is 5.64. The number of nitrogens with zero attached hydrogens (tertiary/aromatic N) is 3. The first kappa shape index (κ1) is 16.2. The molecule has 2 aromatic rings. The summed E-state index contributed by atoms with van der Waals surface area (Å²) in [4.78, 5) is 19.1. The van der Waals surface area contributed by atoms with E-state index >= 15 is 0 Å². The molecule has 1 aromatic heterocycles. The van der Waals surface area contributed by atoms with E-state index in [1.165, 1.54) is 5.56 Å². The number of rotatable bonds is 3. The molecule has 5 nitrogen and oxygen atoms in total. The van der Waals surface area contributed by atoms with Crippen LogP contribution in [0.5, 0.6) is 0 Å². The Kier molecular flexibility index (Phi) is 4.40. The van der Waals surface area contributed by atoms with E-state index in [-0.39, 0.29) is 11.6 Å². The number of halogens is 1. The topological polar surface area (TPSA) is 50.2 Å². The molecule has 0 radical (unpaired) electrons. The first-order chi connectivity index (χ1) is 11.7. The number of thioether (sulfide) groups is 1. The second kappa shape index (κ2) is 6.54. The monoisotopic (exact) mass is 406 g/mol. The second-order valence-electron chi connectivity index (χ2n) is 6.20. The molecule has 1 aromatic carbocycles. The van der Waals surface area contributed by atoms with Crippen LogP contribution < -0.4 is 10.9 Å². The van der Waals surface area contributed by atoms with Crippen LogP contribution in [0.15, 0.2) is 40.3 Å². The van der Waals surface area contributed by atoms with Crippen molar-refractivity contribution < 1.29 is 0 Å². The molecule has 2 aliphatic rings. The number of hydrogen-bond acceptors (Lipinski definition) is 5. The average Bonchev–Trinajstić information content (AvgIpc) is 3.05. The van der Waals surface area contributed by atoms with Gasteiger partial charge in [0.25, 0.3) is 5.56 Å². The van der Waals surface area contributed by atoms with Crippen LogP contribution in [-0.2, 0) is 13.1 Å². The maximum atomic E-state index is 12.5. The van der Waals surface area contributed by atoms with Gasteiger partial charge in [0.15, 0.2) is 5.16 Å². The number of aromatic nitrogens is 2. The Bertz CT molecular complexity index is 810. The minimum atomic E-state index is -0.101. The van der Waals surface area contributed by atoms with Gasteiger partial charge in [-0.15, -0.1) is 0 Å². The van der Waals surface area contributed by atoms with Crippen molar-refractivity contribution in [1.29, 1.82) is 0 Å². The number of alkyl halides is 1. The van der Waals surface area contributed by atoms with Crippen molar-refractivity contribution in [1.82, 2.24) is 14.5 Å². The molecule has 0 aliphatic carbocycles. The molecular weight excluding hydrogens is 388 g/mol. The SMILES string of the molecule is CC(c1ccccc1)N1CNc2c(c(=O)nc3n2CC(CBr)S3)C1. The molecule has 2 aliphatic heterocycles. The van der Waals surface area contributed by atoms with Crippen molar-refractivity contribution in [2.24, 2.45) is 0 Å². The minimum Gasteiger partial charge on any atom is -0.358 e. The third-order valence-electron chi connectivity index (χ3n) is 4.71. The largest absolute Gasteiger partial charge is 0.358 e. The van der Waals surface area contributed by atoms with Gasteiger partial charge in [-0.05, 0) is 12.5 Å². The fourth-order valence-electron chi connectivity index (χ4n) is 3.30. The quantitative estimate of drug-likeness (QED) is 0.626. The zero-order valence-electron chi connectivity index (χ0n) is 13.4. The Hall–Kier alpha value is -1.31. The summed E-state index contributed by atoms with van der Waals surface area (Å²) in [7, 11) is 0. The number of anilines is 1. The summed E-state index contributed by atoms with van der Waals surface area (Å²) in [6.07, 6.45) is 0. The van der Waals surface area contributed by atoms with Gasteiger partial charge >= 0.3 is 0 Å². The Morgan fingerprint density at radius 1 is 1.42 bits per heavy atom. The van der Waals surface area contributed by atoms with E-state index in [4.69, 9.17) is 0 Å². The van der Waals surface area contributed by atoms with Gasteiger partial charge in [-0.1, -0.05) is 58.0 Å². The second-order valence-corrected chi connectivity index (χ2v) is 8.11. The summed E-state index contributed by atoms with van der Waals surface area (Å²) in [5.74, 6) is 0.956. The summed E-state index contributed by atoms with van der Waals surface area (Å²) >= 11 is 5.21. The standard InChI is InChI=1S/C17H19BrN4OS/c1-11(12-5-3-2-4-6-12)21-9-14-15(19-10-21)22-8-13(7-18)24-17(22)20-16(14)23/h2-6,11,13,19H,7-10H2,1H3. The van der Waals surface area contributed by atoms with Gasteiger partial charge < -0.3 is 9.88 Å². The first-order valence-corrected chi connectivity index (χ1v) is 10.1. The molecule has 0 saturated heterocycles. The third-order valence-corrected chi connectivity index (χ3v) is 7.09. The predicted molar refractivity (Wildman–Crippen MR) is 101 cm³/mol. The molecule has 2 unspecified atom stereocenters. The molecule has 126 valence electrons. The van der Waals surface area contributed by atoms with E-state index < -0.39 is 0 Å². The van der Waals surface area contributed by atoms with E-state index in [0.29, 0.717) is 11.8 Å². The lowest BCUT2D eigenvalue weighted by Gasteiger charge is -2.35. The fraction of sp³-hybridized carbons (Fsp3) is 0.412. The van der Waals surface area contributed by atoms with E-state index in [2.05, 4.69) is 66.9 Å². The van der Waals surface area contributed by atoms with Gasteiger partial charge in [0.05, 0.1) is 12.2 Å². The van der Waals surface area contributed by atoms with Gasteiger partial charge in [0, 0.05) is 29.7 Å². The highest BCUT2D eigenvalue weighted by Gasteiger charge is 2.31. The van der Waals surface area contributed by atoms with Gasteiger partial charge in [-0.2, -0.15) is 4.98 Å². The molecule has 0 fully saturated rings. The fourth-order valence-corrected chi connectivity index (χ4v) is 4.92. The third kappa shape index (κ3) is 2.78. The van der Waals surface area contributed by atoms with Gasteiger partial charge in [-0.3, -0.25) is 9.69 Å².